The summed E-state index contributed by atoms with van der Waals surface area (Å²) in [5.41, 5.74) is 1.69. The molecule has 0 spiro atoms. The summed E-state index contributed by atoms with van der Waals surface area (Å²) in [6.45, 7) is 0. The third-order valence-electron chi connectivity index (χ3n) is 2.03. The molecule has 0 aliphatic heterocycles. The summed E-state index contributed by atoms with van der Waals surface area (Å²) in [5.74, 6) is -0.241. The van der Waals surface area contributed by atoms with Gasteiger partial charge in [-0.2, -0.15) is 0 Å². The van der Waals surface area contributed by atoms with Crippen LogP contribution in [-0.2, 0) is 0 Å². The molecule has 0 saturated carbocycles. The van der Waals surface area contributed by atoms with Crippen molar-refractivity contribution in [2.24, 2.45) is 0 Å². The molecular formula is C10H10N4O2. The van der Waals surface area contributed by atoms with Gasteiger partial charge in [-0.1, -0.05) is 5.16 Å². The van der Waals surface area contributed by atoms with E-state index in [2.05, 4.69) is 25.3 Å². The Labute approximate surface area is 91.7 Å². The van der Waals surface area contributed by atoms with E-state index < -0.39 is 0 Å². The van der Waals surface area contributed by atoms with Crippen LogP contribution in [0, 0.1) is 0 Å². The van der Waals surface area contributed by atoms with E-state index in [4.69, 9.17) is 0 Å². The number of hydrogen-bond donors (Lipinski definition) is 2. The minimum atomic E-state index is -0.241. The van der Waals surface area contributed by atoms with Crippen molar-refractivity contribution in [1.82, 2.24) is 10.1 Å². The molecule has 2 rings (SSSR count). The van der Waals surface area contributed by atoms with Gasteiger partial charge in [0.1, 0.15) is 12.0 Å². The SMILES string of the molecule is CNc1cnccc1C(=O)Nc1cnoc1. The molecule has 6 nitrogen and oxygen atoms in total. The fraction of sp³-hybridized carbons (Fsp3) is 0.100. The van der Waals surface area contributed by atoms with E-state index in [-0.39, 0.29) is 5.91 Å². The molecule has 0 saturated heterocycles. The van der Waals surface area contributed by atoms with Crippen molar-refractivity contribution in [3.05, 3.63) is 36.5 Å². The van der Waals surface area contributed by atoms with E-state index in [0.717, 1.165) is 0 Å². The highest BCUT2D eigenvalue weighted by molar-refractivity contribution is 6.07. The Morgan fingerprint density at radius 3 is 3.00 bits per heavy atom. The zero-order valence-corrected chi connectivity index (χ0v) is 8.60. The molecule has 0 aromatic carbocycles. The Hall–Kier alpha value is -2.37. The summed E-state index contributed by atoms with van der Waals surface area (Å²) in [5, 5.41) is 9.04. The van der Waals surface area contributed by atoms with E-state index >= 15 is 0 Å². The van der Waals surface area contributed by atoms with Crippen molar-refractivity contribution in [3.8, 4) is 0 Å². The monoisotopic (exact) mass is 218 g/mol. The minimum Gasteiger partial charge on any atom is -0.386 e. The summed E-state index contributed by atoms with van der Waals surface area (Å²) < 4.78 is 4.62. The van der Waals surface area contributed by atoms with Crippen molar-refractivity contribution in [2.45, 2.75) is 0 Å². The van der Waals surface area contributed by atoms with Crippen LogP contribution in [0.1, 0.15) is 10.4 Å². The largest absolute Gasteiger partial charge is 0.386 e. The number of anilines is 2. The molecule has 82 valence electrons. The molecular weight excluding hydrogens is 208 g/mol. The van der Waals surface area contributed by atoms with E-state index in [0.29, 0.717) is 16.9 Å². The van der Waals surface area contributed by atoms with Crippen LogP contribution in [0.5, 0.6) is 0 Å². The fourth-order valence-corrected chi connectivity index (χ4v) is 1.26. The van der Waals surface area contributed by atoms with Gasteiger partial charge in [0.25, 0.3) is 5.91 Å². The summed E-state index contributed by atoms with van der Waals surface area (Å²) >= 11 is 0. The second-order valence-electron chi connectivity index (χ2n) is 3.04. The van der Waals surface area contributed by atoms with Crippen molar-refractivity contribution in [2.75, 3.05) is 17.7 Å². The predicted octanol–water partition coefficient (Wildman–Crippen LogP) is 1.36. The lowest BCUT2D eigenvalue weighted by Gasteiger charge is -2.07. The highest BCUT2D eigenvalue weighted by Gasteiger charge is 2.11. The zero-order valence-electron chi connectivity index (χ0n) is 8.60. The third kappa shape index (κ3) is 2.00. The van der Waals surface area contributed by atoms with Gasteiger partial charge in [0.2, 0.25) is 0 Å². The molecule has 6 heteroatoms. The molecule has 2 aromatic rings. The maximum atomic E-state index is 11.8. The Kier molecular flexibility index (Phi) is 2.81. The lowest BCUT2D eigenvalue weighted by atomic mass is 10.2. The van der Waals surface area contributed by atoms with E-state index in [9.17, 15) is 4.79 Å². The number of amides is 1. The summed E-state index contributed by atoms with van der Waals surface area (Å²) in [4.78, 5) is 15.8. The van der Waals surface area contributed by atoms with Crippen LogP contribution in [0.4, 0.5) is 11.4 Å². The number of hydrogen-bond acceptors (Lipinski definition) is 5. The average molecular weight is 218 g/mol. The van der Waals surface area contributed by atoms with Crippen LogP contribution in [0.25, 0.3) is 0 Å². The molecule has 0 fully saturated rings. The molecule has 2 N–H and O–H groups in total. The van der Waals surface area contributed by atoms with Crippen LogP contribution in [0.3, 0.4) is 0 Å². The Balaban J connectivity index is 2.21. The molecule has 0 aliphatic rings. The number of aromatic nitrogens is 2. The number of rotatable bonds is 3. The van der Waals surface area contributed by atoms with Gasteiger partial charge in [0.05, 0.1) is 23.6 Å². The van der Waals surface area contributed by atoms with Crippen molar-refractivity contribution >= 4 is 17.3 Å². The van der Waals surface area contributed by atoms with Crippen LogP contribution in [0.15, 0.2) is 35.4 Å². The fourth-order valence-electron chi connectivity index (χ4n) is 1.26. The average Bonchev–Trinajstić information content (AvgIpc) is 2.81. The first-order valence-electron chi connectivity index (χ1n) is 4.64. The highest BCUT2D eigenvalue weighted by atomic mass is 16.5. The van der Waals surface area contributed by atoms with E-state index in [1.807, 2.05) is 0 Å². The van der Waals surface area contributed by atoms with Crippen LogP contribution in [0.2, 0.25) is 0 Å². The van der Waals surface area contributed by atoms with Gasteiger partial charge < -0.3 is 15.2 Å². The molecule has 1 amide bonds. The predicted molar refractivity (Wildman–Crippen MR) is 58.2 cm³/mol. The molecule has 2 heterocycles. The maximum Gasteiger partial charge on any atom is 0.258 e. The topological polar surface area (TPSA) is 80.0 Å². The van der Waals surface area contributed by atoms with Gasteiger partial charge in [0, 0.05) is 13.2 Å². The normalized spacial score (nSPS) is 9.81. The smallest absolute Gasteiger partial charge is 0.258 e. The number of nitrogens with one attached hydrogen (secondary N) is 2. The molecule has 16 heavy (non-hydrogen) atoms. The first-order chi connectivity index (χ1) is 7.81. The van der Waals surface area contributed by atoms with Crippen LogP contribution < -0.4 is 10.6 Å². The molecule has 0 unspecified atom stereocenters. The van der Waals surface area contributed by atoms with Gasteiger partial charge in [-0.05, 0) is 6.07 Å². The summed E-state index contributed by atoms with van der Waals surface area (Å²) in [6, 6.07) is 1.63. The van der Waals surface area contributed by atoms with Crippen LogP contribution in [-0.4, -0.2) is 23.1 Å². The zero-order chi connectivity index (χ0) is 11.4. The van der Waals surface area contributed by atoms with Crippen molar-refractivity contribution < 1.29 is 9.32 Å². The van der Waals surface area contributed by atoms with Crippen molar-refractivity contribution in [3.63, 3.8) is 0 Å². The second kappa shape index (κ2) is 4.43. The number of pyridine rings is 1. The third-order valence-corrected chi connectivity index (χ3v) is 2.03. The Morgan fingerprint density at radius 2 is 2.31 bits per heavy atom. The first kappa shape index (κ1) is 10.2. The number of carbonyl (C=O) groups excluding carboxylic acids is 1. The molecule has 0 atom stereocenters. The Bertz CT molecular complexity index is 481. The standard InChI is InChI=1S/C10H10N4O2/c1-11-9-5-12-3-2-8(9)10(15)14-7-4-13-16-6-7/h2-6,11H,1H3,(H,14,15). The first-order valence-corrected chi connectivity index (χ1v) is 4.64. The highest BCUT2D eigenvalue weighted by Crippen LogP contribution is 2.14. The van der Waals surface area contributed by atoms with Crippen LogP contribution >= 0.6 is 0 Å². The second-order valence-corrected chi connectivity index (χ2v) is 3.04. The molecule has 2 aromatic heterocycles. The summed E-state index contributed by atoms with van der Waals surface area (Å²) in [6.07, 6.45) is 5.93. The quantitative estimate of drug-likeness (QED) is 0.813. The Morgan fingerprint density at radius 1 is 1.44 bits per heavy atom. The number of nitrogens with zero attached hydrogens (tertiary/aromatic N) is 2. The lowest BCUT2D eigenvalue weighted by molar-refractivity contribution is 0.102. The molecule has 0 radical (unpaired) electrons. The maximum absolute atomic E-state index is 11.8. The lowest BCUT2D eigenvalue weighted by Crippen LogP contribution is -2.13. The van der Waals surface area contributed by atoms with Gasteiger partial charge in [-0.25, -0.2) is 0 Å². The number of carbonyl (C=O) groups is 1. The molecule has 0 aliphatic carbocycles. The minimum absolute atomic E-state index is 0.241. The molecule has 0 bridgehead atoms. The van der Waals surface area contributed by atoms with Gasteiger partial charge in [0.15, 0.2) is 0 Å². The van der Waals surface area contributed by atoms with Crippen molar-refractivity contribution in [1.29, 1.82) is 0 Å². The summed E-state index contributed by atoms with van der Waals surface area (Å²) in [7, 11) is 1.73. The van der Waals surface area contributed by atoms with E-state index in [1.165, 1.54) is 12.5 Å². The van der Waals surface area contributed by atoms with Gasteiger partial charge in [-0.15, -0.1) is 0 Å². The van der Waals surface area contributed by atoms with Gasteiger partial charge in [-0.3, -0.25) is 9.78 Å². The van der Waals surface area contributed by atoms with Gasteiger partial charge >= 0.3 is 0 Å². The van der Waals surface area contributed by atoms with E-state index in [1.54, 1.807) is 25.5 Å².